The standard InChI is InChI=1S/C15H20N2O3S2/c1-11(2)20-13-4-6-14(7-5-13)22(18,19)17-9-8-15-12(3)16-10-21-15/h4-7,10-11,17H,8-9H2,1-3H3. The Hall–Kier alpha value is -1.44. The van der Waals surface area contributed by atoms with Crippen molar-refractivity contribution in [3.8, 4) is 5.75 Å². The molecule has 1 heterocycles. The fourth-order valence-electron chi connectivity index (χ4n) is 1.92. The van der Waals surface area contributed by atoms with Gasteiger partial charge in [-0.15, -0.1) is 11.3 Å². The average Bonchev–Trinajstić information content (AvgIpc) is 2.84. The molecule has 0 radical (unpaired) electrons. The maximum atomic E-state index is 12.2. The van der Waals surface area contributed by atoms with E-state index >= 15 is 0 Å². The van der Waals surface area contributed by atoms with Crippen molar-refractivity contribution in [1.82, 2.24) is 9.71 Å². The summed E-state index contributed by atoms with van der Waals surface area (Å²) in [5.41, 5.74) is 2.73. The minimum absolute atomic E-state index is 0.0585. The van der Waals surface area contributed by atoms with E-state index in [4.69, 9.17) is 4.74 Å². The number of hydrogen-bond donors (Lipinski definition) is 1. The Morgan fingerprint density at radius 3 is 2.50 bits per heavy atom. The molecule has 0 fully saturated rings. The Morgan fingerprint density at radius 1 is 1.27 bits per heavy atom. The molecule has 0 saturated heterocycles. The molecule has 2 aromatic rings. The van der Waals surface area contributed by atoms with Gasteiger partial charge in [0.1, 0.15) is 5.75 Å². The van der Waals surface area contributed by atoms with Gasteiger partial charge in [0, 0.05) is 11.4 Å². The number of rotatable bonds is 7. The molecule has 1 aromatic heterocycles. The topological polar surface area (TPSA) is 68.3 Å². The van der Waals surface area contributed by atoms with Gasteiger partial charge in [0.2, 0.25) is 10.0 Å². The Morgan fingerprint density at radius 2 is 1.95 bits per heavy atom. The highest BCUT2D eigenvalue weighted by Crippen LogP contribution is 2.17. The zero-order valence-corrected chi connectivity index (χ0v) is 14.5. The summed E-state index contributed by atoms with van der Waals surface area (Å²) in [6.45, 7) is 6.13. The van der Waals surface area contributed by atoms with Crippen molar-refractivity contribution >= 4 is 21.4 Å². The predicted octanol–water partition coefficient (Wildman–Crippen LogP) is 2.76. The monoisotopic (exact) mass is 340 g/mol. The molecule has 0 aliphatic rings. The molecule has 5 nitrogen and oxygen atoms in total. The smallest absolute Gasteiger partial charge is 0.240 e. The number of aryl methyl sites for hydroxylation is 1. The Labute approximate surface area is 135 Å². The van der Waals surface area contributed by atoms with Gasteiger partial charge in [-0.25, -0.2) is 18.1 Å². The first-order chi connectivity index (χ1) is 10.4. The molecule has 0 unspecified atom stereocenters. The summed E-state index contributed by atoms with van der Waals surface area (Å²) < 4.78 is 32.5. The van der Waals surface area contributed by atoms with Crippen molar-refractivity contribution in [2.75, 3.05) is 6.54 Å². The van der Waals surface area contributed by atoms with Crippen molar-refractivity contribution in [3.05, 3.63) is 40.3 Å². The summed E-state index contributed by atoms with van der Waals surface area (Å²) >= 11 is 1.54. The first-order valence-electron chi connectivity index (χ1n) is 7.04. The van der Waals surface area contributed by atoms with Crippen LogP contribution in [-0.2, 0) is 16.4 Å². The van der Waals surface area contributed by atoms with E-state index in [1.54, 1.807) is 41.1 Å². The van der Waals surface area contributed by atoms with Crippen molar-refractivity contribution in [1.29, 1.82) is 0 Å². The zero-order valence-electron chi connectivity index (χ0n) is 12.9. The SMILES string of the molecule is Cc1ncsc1CCNS(=O)(=O)c1ccc(OC(C)C)cc1. The lowest BCUT2D eigenvalue weighted by molar-refractivity contribution is 0.242. The minimum Gasteiger partial charge on any atom is -0.491 e. The van der Waals surface area contributed by atoms with Crippen molar-refractivity contribution in [2.24, 2.45) is 0 Å². The van der Waals surface area contributed by atoms with E-state index in [2.05, 4.69) is 9.71 Å². The molecule has 0 spiro atoms. The summed E-state index contributed by atoms with van der Waals surface area (Å²) in [5.74, 6) is 0.661. The number of ether oxygens (including phenoxy) is 1. The van der Waals surface area contributed by atoms with Crippen LogP contribution in [0.4, 0.5) is 0 Å². The van der Waals surface area contributed by atoms with Crippen LogP contribution in [0.25, 0.3) is 0 Å². The third kappa shape index (κ3) is 4.53. The Kier molecular flexibility index (Phi) is 5.55. The van der Waals surface area contributed by atoms with Crippen LogP contribution >= 0.6 is 11.3 Å². The molecule has 2 rings (SSSR count). The predicted molar refractivity (Wildman–Crippen MR) is 87.9 cm³/mol. The number of nitrogens with one attached hydrogen (secondary N) is 1. The minimum atomic E-state index is -3.49. The van der Waals surface area contributed by atoms with Crippen molar-refractivity contribution < 1.29 is 13.2 Å². The van der Waals surface area contributed by atoms with Crippen LogP contribution in [0.3, 0.4) is 0 Å². The molecule has 0 amide bonds. The average molecular weight is 340 g/mol. The summed E-state index contributed by atoms with van der Waals surface area (Å²) in [6.07, 6.45) is 0.702. The zero-order chi connectivity index (χ0) is 16.2. The molecule has 1 aromatic carbocycles. The van der Waals surface area contributed by atoms with Crippen LogP contribution in [0.2, 0.25) is 0 Å². The maximum Gasteiger partial charge on any atom is 0.240 e. The van der Waals surface area contributed by atoms with Crippen LogP contribution in [0.5, 0.6) is 5.75 Å². The molecule has 0 atom stereocenters. The Bertz CT molecular complexity index is 707. The van der Waals surface area contributed by atoms with Gasteiger partial charge < -0.3 is 4.74 Å². The van der Waals surface area contributed by atoms with Gasteiger partial charge in [-0.1, -0.05) is 0 Å². The second-order valence-electron chi connectivity index (χ2n) is 5.15. The Balaban J connectivity index is 1.96. The van der Waals surface area contributed by atoms with Crippen LogP contribution in [0.1, 0.15) is 24.4 Å². The molecule has 7 heteroatoms. The number of hydrogen-bond acceptors (Lipinski definition) is 5. The number of sulfonamides is 1. The lowest BCUT2D eigenvalue weighted by atomic mass is 10.3. The summed E-state index contributed by atoms with van der Waals surface area (Å²) in [5, 5.41) is 0. The highest BCUT2D eigenvalue weighted by Gasteiger charge is 2.14. The molecule has 0 bridgehead atoms. The third-order valence-corrected chi connectivity index (χ3v) is 5.47. The second kappa shape index (κ2) is 7.21. The molecule has 1 N–H and O–H groups in total. The quantitative estimate of drug-likeness (QED) is 0.841. The summed E-state index contributed by atoms with van der Waals surface area (Å²) in [6, 6.07) is 6.44. The molecular formula is C15H20N2O3S2. The van der Waals surface area contributed by atoms with Crippen LogP contribution < -0.4 is 9.46 Å². The van der Waals surface area contributed by atoms with Crippen LogP contribution in [0, 0.1) is 6.92 Å². The first-order valence-corrected chi connectivity index (χ1v) is 9.40. The molecule has 120 valence electrons. The van der Waals surface area contributed by atoms with E-state index < -0.39 is 10.0 Å². The molecule has 22 heavy (non-hydrogen) atoms. The summed E-state index contributed by atoms with van der Waals surface area (Å²) in [7, 11) is -3.49. The fourth-order valence-corrected chi connectivity index (χ4v) is 3.73. The first kappa shape index (κ1) is 16.9. The number of aromatic nitrogens is 1. The molecule has 0 aliphatic heterocycles. The van der Waals surface area contributed by atoms with Gasteiger partial charge in [-0.3, -0.25) is 0 Å². The van der Waals surface area contributed by atoms with E-state index in [0.717, 1.165) is 10.6 Å². The highest BCUT2D eigenvalue weighted by molar-refractivity contribution is 7.89. The van der Waals surface area contributed by atoms with Gasteiger partial charge in [0.25, 0.3) is 0 Å². The van der Waals surface area contributed by atoms with E-state index in [9.17, 15) is 8.42 Å². The van der Waals surface area contributed by atoms with Crippen molar-refractivity contribution in [3.63, 3.8) is 0 Å². The second-order valence-corrected chi connectivity index (χ2v) is 7.85. The molecule has 0 saturated carbocycles. The van der Waals surface area contributed by atoms with E-state index in [0.29, 0.717) is 18.7 Å². The van der Waals surface area contributed by atoms with Gasteiger partial charge in [-0.05, 0) is 51.5 Å². The maximum absolute atomic E-state index is 12.2. The molecular weight excluding hydrogens is 320 g/mol. The largest absolute Gasteiger partial charge is 0.491 e. The number of thiazole rings is 1. The molecule has 0 aliphatic carbocycles. The lowest BCUT2D eigenvalue weighted by Crippen LogP contribution is -2.26. The van der Waals surface area contributed by atoms with E-state index in [1.165, 1.54) is 0 Å². The van der Waals surface area contributed by atoms with E-state index in [1.807, 2.05) is 20.8 Å². The number of benzene rings is 1. The van der Waals surface area contributed by atoms with Crippen molar-refractivity contribution in [2.45, 2.75) is 38.2 Å². The number of nitrogens with zero attached hydrogens (tertiary/aromatic N) is 1. The van der Waals surface area contributed by atoms with Gasteiger partial charge in [0.15, 0.2) is 0 Å². The normalized spacial score (nSPS) is 11.8. The van der Waals surface area contributed by atoms with Crippen LogP contribution in [-0.4, -0.2) is 26.1 Å². The highest BCUT2D eigenvalue weighted by atomic mass is 32.2. The fraction of sp³-hybridized carbons (Fsp3) is 0.400. The van der Waals surface area contributed by atoms with Gasteiger partial charge in [-0.2, -0.15) is 0 Å². The third-order valence-electron chi connectivity index (χ3n) is 2.99. The van der Waals surface area contributed by atoms with Gasteiger partial charge in [0.05, 0.1) is 22.2 Å². The van der Waals surface area contributed by atoms with E-state index in [-0.39, 0.29) is 11.0 Å². The van der Waals surface area contributed by atoms with Crippen LogP contribution in [0.15, 0.2) is 34.7 Å². The van der Waals surface area contributed by atoms with Gasteiger partial charge >= 0.3 is 0 Å². The summed E-state index contributed by atoms with van der Waals surface area (Å²) in [4.78, 5) is 5.49. The lowest BCUT2D eigenvalue weighted by Gasteiger charge is -2.10.